The molecule has 2 aromatic rings. The quantitative estimate of drug-likeness (QED) is 0.803. The molecule has 1 atom stereocenters. The number of para-hydroxylation sites is 2. The van der Waals surface area contributed by atoms with E-state index in [-0.39, 0.29) is 0 Å². The van der Waals surface area contributed by atoms with Crippen molar-refractivity contribution in [1.82, 2.24) is 4.90 Å². The molecule has 0 saturated carbocycles. The maximum atomic E-state index is 5.51. The molecule has 3 heteroatoms. The Morgan fingerprint density at radius 2 is 1.58 bits per heavy atom. The third-order valence-corrected chi connectivity index (χ3v) is 5.06. The van der Waals surface area contributed by atoms with Crippen molar-refractivity contribution in [2.24, 2.45) is 0 Å². The van der Waals surface area contributed by atoms with E-state index < -0.39 is 0 Å². The first kappa shape index (κ1) is 16.8. The summed E-state index contributed by atoms with van der Waals surface area (Å²) in [6, 6.07) is 19.8. The summed E-state index contributed by atoms with van der Waals surface area (Å²) in [4.78, 5) is 5.06. The minimum atomic E-state index is 0.630. The highest BCUT2D eigenvalue weighted by molar-refractivity contribution is 5.58. The summed E-state index contributed by atoms with van der Waals surface area (Å²) in [7, 11) is 1.75. The highest BCUT2D eigenvalue weighted by atomic mass is 16.5. The second-order valence-corrected chi connectivity index (χ2v) is 6.57. The van der Waals surface area contributed by atoms with Gasteiger partial charge in [0.05, 0.1) is 12.8 Å². The normalized spacial score (nSPS) is 16.8. The minimum Gasteiger partial charge on any atom is -0.495 e. The lowest BCUT2D eigenvalue weighted by Crippen LogP contribution is -2.49. The molecule has 0 aliphatic carbocycles. The molecule has 0 amide bonds. The van der Waals surface area contributed by atoms with Crippen LogP contribution in [0.1, 0.15) is 18.9 Å². The van der Waals surface area contributed by atoms with Crippen molar-refractivity contribution in [2.45, 2.75) is 25.8 Å². The predicted octanol–water partition coefficient (Wildman–Crippen LogP) is 3.84. The summed E-state index contributed by atoms with van der Waals surface area (Å²) < 4.78 is 5.51. The van der Waals surface area contributed by atoms with E-state index in [2.05, 4.69) is 59.2 Å². The van der Waals surface area contributed by atoms with Crippen molar-refractivity contribution in [2.75, 3.05) is 38.2 Å². The first-order chi connectivity index (χ1) is 11.8. The zero-order chi connectivity index (χ0) is 16.8. The highest BCUT2D eigenvalue weighted by Gasteiger charge is 2.22. The van der Waals surface area contributed by atoms with Gasteiger partial charge in [0.15, 0.2) is 0 Å². The Balaban J connectivity index is 1.51. The summed E-state index contributed by atoms with van der Waals surface area (Å²) in [5.74, 6) is 0.975. The molecule has 0 unspecified atom stereocenters. The molecule has 3 rings (SSSR count). The molecule has 0 spiro atoms. The predicted molar refractivity (Wildman–Crippen MR) is 101 cm³/mol. The number of aryl methyl sites for hydroxylation is 1. The zero-order valence-electron chi connectivity index (χ0n) is 14.8. The number of rotatable bonds is 6. The second kappa shape index (κ2) is 8.20. The van der Waals surface area contributed by atoms with Crippen molar-refractivity contribution in [3.8, 4) is 5.75 Å². The SMILES string of the molecule is COc1ccccc1N1CCN([C@H](C)CCc2ccccc2)CC1. The molecule has 1 saturated heterocycles. The van der Waals surface area contributed by atoms with Crippen LogP contribution in [-0.4, -0.2) is 44.2 Å². The number of hydrogen-bond acceptors (Lipinski definition) is 3. The molecule has 0 bridgehead atoms. The van der Waals surface area contributed by atoms with Crippen LogP contribution in [0.4, 0.5) is 5.69 Å². The Bertz CT molecular complexity index is 621. The van der Waals surface area contributed by atoms with Crippen molar-refractivity contribution < 1.29 is 4.74 Å². The lowest BCUT2D eigenvalue weighted by Gasteiger charge is -2.39. The fourth-order valence-corrected chi connectivity index (χ4v) is 3.50. The summed E-state index contributed by atoms with van der Waals surface area (Å²) in [6.07, 6.45) is 2.38. The van der Waals surface area contributed by atoms with Crippen LogP contribution in [-0.2, 0) is 6.42 Å². The van der Waals surface area contributed by atoms with Crippen molar-refractivity contribution in [3.05, 3.63) is 60.2 Å². The Hall–Kier alpha value is -2.00. The molecule has 2 aromatic carbocycles. The number of piperazine rings is 1. The van der Waals surface area contributed by atoms with Crippen LogP contribution in [0.15, 0.2) is 54.6 Å². The zero-order valence-corrected chi connectivity index (χ0v) is 14.8. The van der Waals surface area contributed by atoms with Crippen LogP contribution < -0.4 is 9.64 Å². The Morgan fingerprint density at radius 1 is 0.917 bits per heavy atom. The molecule has 128 valence electrons. The molecule has 1 fully saturated rings. The van der Waals surface area contributed by atoms with Gasteiger partial charge in [-0.25, -0.2) is 0 Å². The van der Waals surface area contributed by atoms with Gasteiger partial charge in [0, 0.05) is 32.2 Å². The Kier molecular flexibility index (Phi) is 5.76. The van der Waals surface area contributed by atoms with E-state index in [1.165, 1.54) is 17.7 Å². The number of hydrogen-bond donors (Lipinski definition) is 0. The monoisotopic (exact) mass is 324 g/mol. The van der Waals surface area contributed by atoms with Gasteiger partial charge < -0.3 is 9.64 Å². The topological polar surface area (TPSA) is 15.7 Å². The maximum Gasteiger partial charge on any atom is 0.142 e. The van der Waals surface area contributed by atoms with E-state index in [9.17, 15) is 0 Å². The summed E-state index contributed by atoms with van der Waals surface area (Å²) in [5, 5.41) is 0. The van der Waals surface area contributed by atoms with E-state index in [0.717, 1.165) is 38.3 Å². The van der Waals surface area contributed by atoms with E-state index in [4.69, 9.17) is 4.74 Å². The molecule has 3 nitrogen and oxygen atoms in total. The fourth-order valence-electron chi connectivity index (χ4n) is 3.50. The molecular formula is C21H28N2O. The van der Waals surface area contributed by atoms with E-state index in [1.807, 2.05) is 12.1 Å². The Morgan fingerprint density at radius 3 is 2.29 bits per heavy atom. The molecule has 24 heavy (non-hydrogen) atoms. The van der Waals surface area contributed by atoms with Gasteiger partial charge in [-0.1, -0.05) is 42.5 Å². The maximum absolute atomic E-state index is 5.51. The van der Waals surface area contributed by atoms with Crippen LogP contribution in [0.2, 0.25) is 0 Å². The van der Waals surface area contributed by atoms with Crippen LogP contribution in [0.5, 0.6) is 5.75 Å². The van der Waals surface area contributed by atoms with Gasteiger partial charge >= 0.3 is 0 Å². The van der Waals surface area contributed by atoms with E-state index >= 15 is 0 Å². The van der Waals surface area contributed by atoms with Gasteiger partial charge in [0.25, 0.3) is 0 Å². The summed E-state index contributed by atoms with van der Waals surface area (Å²) >= 11 is 0. The third kappa shape index (κ3) is 4.09. The van der Waals surface area contributed by atoms with Gasteiger partial charge in [-0.15, -0.1) is 0 Å². The van der Waals surface area contributed by atoms with Crippen molar-refractivity contribution in [1.29, 1.82) is 0 Å². The average Bonchev–Trinajstić information content (AvgIpc) is 2.67. The third-order valence-electron chi connectivity index (χ3n) is 5.06. The number of anilines is 1. The Labute approximate surface area is 145 Å². The molecule has 0 radical (unpaired) electrons. The van der Waals surface area contributed by atoms with Crippen molar-refractivity contribution in [3.63, 3.8) is 0 Å². The second-order valence-electron chi connectivity index (χ2n) is 6.57. The summed E-state index contributed by atoms with van der Waals surface area (Å²) in [6.45, 7) is 6.73. The molecule has 0 aromatic heterocycles. The molecule has 1 aliphatic heterocycles. The standard InChI is InChI=1S/C21H28N2O/c1-18(12-13-19-8-4-3-5-9-19)22-14-16-23(17-15-22)20-10-6-7-11-21(20)24-2/h3-11,18H,12-17H2,1-2H3/t18-/m1/s1. The first-order valence-electron chi connectivity index (χ1n) is 8.94. The molecule has 1 heterocycles. The van der Waals surface area contributed by atoms with Crippen LogP contribution in [0.25, 0.3) is 0 Å². The van der Waals surface area contributed by atoms with Gasteiger partial charge in [-0.3, -0.25) is 4.90 Å². The van der Waals surface area contributed by atoms with E-state index in [0.29, 0.717) is 6.04 Å². The molecule has 1 aliphatic rings. The number of ether oxygens (including phenoxy) is 1. The lowest BCUT2D eigenvalue weighted by molar-refractivity contribution is 0.188. The highest BCUT2D eigenvalue weighted by Crippen LogP contribution is 2.28. The summed E-state index contributed by atoms with van der Waals surface area (Å²) in [5.41, 5.74) is 2.66. The van der Waals surface area contributed by atoms with Crippen LogP contribution in [0.3, 0.4) is 0 Å². The van der Waals surface area contributed by atoms with Gasteiger partial charge in [-0.2, -0.15) is 0 Å². The first-order valence-corrected chi connectivity index (χ1v) is 8.94. The average molecular weight is 324 g/mol. The smallest absolute Gasteiger partial charge is 0.142 e. The van der Waals surface area contributed by atoms with E-state index in [1.54, 1.807) is 7.11 Å². The fraction of sp³-hybridized carbons (Fsp3) is 0.429. The number of benzene rings is 2. The molecular weight excluding hydrogens is 296 g/mol. The molecule has 0 N–H and O–H groups in total. The van der Waals surface area contributed by atoms with Gasteiger partial charge in [-0.05, 0) is 37.5 Å². The van der Waals surface area contributed by atoms with Gasteiger partial charge in [0.1, 0.15) is 5.75 Å². The number of methoxy groups -OCH3 is 1. The minimum absolute atomic E-state index is 0.630. The van der Waals surface area contributed by atoms with Crippen LogP contribution in [0, 0.1) is 0 Å². The lowest BCUT2D eigenvalue weighted by atomic mass is 10.0. The van der Waals surface area contributed by atoms with Gasteiger partial charge in [0.2, 0.25) is 0 Å². The largest absolute Gasteiger partial charge is 0.495 e. The number of nitrogens with zero attached hydrogens (tertiary/aromatic N) is 2. The van der Waals surface area contributed by atoms with Crippen molar-refractivity contribution >= 4 is 5.69 Å². The van der Waals surface area contributed by atoms with Crippen LogP contribution >= 0.6 is 0 Å².